The van der Waals surface area contributed by atoms with Gasteiger partial charge in [-0.25, -0.2) is 9.37 Å². The number of ether oxygens (including phenoxy) is 1. The molecule has 1 aromatic heterocycles. The fourth-order valence-electron chi connectivity index (χ4n) is 1.77. The molecule has 98 valence electrons. The number of benzene rings is 1. The highest BCUT2D eigenvalue weighted by atomic mass is 19.1. The molecule has 1 N–H and O–H groups in total. The van der Waals surface area contributed by atoms with Crippen LogP contribution in [-0.4, -0.2) is 17.0 Å². The SMILES string of the molecule is CNc1cc(Oc2ccc(F)cc2)nc(C2CC2)n1. The average Bonchev–Trinajstić information content (AvgIpc) is 3.25. The Labute approximate surface area is 110 Å². The predicted octanol–water partition coefficient (Wildman–Crippen LogP) is 3.33. The maximum Gasteiger partial charge on any atom is 0.224 e. The van der Waals surface area contributed by atoms with E-state index in [4.69, 9.17) is 4.74 Å². The summed E-state index contributed by atoms with van der Waals surface area (Å²) in [5.74, 6) is 2.74. The molecule has 1 aliphatic carbocycles. The van der Waals surface area contributed by atoms with E-state index in [0.29, 0.717) is 17.5 Å². The smallest absolute Gasteiger partial charge is 0.224 e. The molecule has 1 heterocycles. The molecule has 0 aliphatic heterocycles. The van der Waals surface area contributed by atoms with Gasteiger partial charge in [-0.2, -0.15) is 4.98 Å². The van der Waals surface area contributed by atoms with Crippen molar-refractivity contribution in [1.82, 2.24) is 9.97 Å². The fraction of sp³-hybridized carbons (Fsp3) is 0.286. The van der Waals surface area contributed by atoms with Crippen LogP contribution in [0.4, 0.5) is 10.2 Å². The quantitative estimate of drug-likeness (QED) is 0.914. The molecule has 2 aromatic rings. The highest BCUT2D eigenvalue weighted by molar-refractivity contribution is 5.40. The molecule has 0 unspecified atom stereocenters. The largest absolute Gasteiger partial charge is 0.439 e. The van der Waals surface area contributed by atoms with Gasteiger partial charge in [0.25, 0.3) is 0 Å². The van der Waals surface area contributed by atoms with E-state index < -0.39 is 0 Å². The van der Waals surface area contributed by atoms with Crippen molar-refractivity contribution in [2.24, 2.45) is 0 Å². The van der Waals surface area contributed by atoms with Crippen LogP contribution in [0.5, 0.6) is 11.6 Å². The zero-order valence-electron chi connectivity index (χ0n) is 10.6. The molecule has 1 aliphatic rings. The summed E-state index contributed by atoms with van der Waals surface area (Å²) in [4.78, 5) is 8.80. The minimum absolute atomic E-state index is 0.287. The van der Waals surface area contributed by atoms with Crippen molar-refractivity contribution in [3.63, 3.8) is 0 Å². The Balaban J connectivity index is 1.86. The first-order valence-electron chi connectivity index (χ1n) is 6.25. The zero-order chi connectivity index (χ0) is 13.2. The van der Waals surface area contributed by atoms with Gasteiger partial charge in [0.15, 0.2) is 0 Å². The predicted molar refractivity (Wildman–Crippen MR) is 70.0 cm³/mol. The first-order chi connectivity index (χ1) is 9.24. The Bertz CT molecular complexity index is 582. The Kier molecular flexibility index (Phi) is 3.03. The van der Waals surface area contributed by atoms with Gasteiger partial charge in [-0.3, -0.25) is 0 Å². The van der Waals surface area contributed by atoms with E-state index in [1.54, 1.807) is 25.2 Å². The van der Waals surface area contributed by atoms with Crippen molar-refractivity contribution in [2.45, 2.75) is 18.8 Å². The lowest BCUT2D eigenvalue weighted by Crippen LogP contribution is -2.01. The Morgan fingerprint density at radius 1 is 1.21 bits per heavy atom. The van der Waals surface area contributed by atoms with Crippen LogP contribution in [0.15, 0.2) is 30.3 Å². The van der Waals surface area contributed by atoms with Crippen LogP contribution in [0.3, 0.4) is 0 Å². The number of aromatic nitrogens is 2. The summed E-state index contributed by atoms with van der Waals surface area (Å²) in [7, 11) is 1.81. The molecular formula is C14H14FN3O. The lowest BCUT2D eigenvalue weighted by atomic mass is 10.3. The number of nitrogens with zero attached hydrogens (tertiary/aromatic N) is 2. The van der Waals surface area contributed by atoms with Crippen LogP contribution in [0.1, 0.15) is 24.6 Å². The Hall–Kier alpha value is -2.17. The normalized spacial score (nSPS) is 14.2. The van der Waals surface area contributed by atoms with Crippen molar-refractivity contribution < 1.29 is 9.13 Å². The van der Waals surface area contributed by atoms with Gasteiger partial charge >= 0.3 is 0 Å². The summed E-state index contributed by atoms with van der Waals surface area (Å²) in [6.07, 6.45) is 2.26. The maximum atomic E-state index is 12.8. The first kappa shape index (κ1) is 11.9. The number of hydrogen-bond donors (Lipinski definition) is 1. The molecule has 0 amide bonds. The molecule has 4 nitrogen and oxygen atoms in total. The molecule has 1 fully saturated rings. The van der Waals surface area contributed by atoms with Gasteiger partial charge < -0.3 is 10.1 Å². The summed E-state index contributed by atoms with van der Waals surface area (Å²) >= 11 is 0. The standard InChI is InChI=1S/C14H14FN3O/c1-16-12-8-13(18-14(17-12)9-2-3-9)19-11-6-4-10(15)5-7-11/h4-9H,2-3H2,1H3,(H,16,17,18). The van der Waals surface area contributed by atoms with Crippen LogP contribution >= 0.6 is 0 Å². The second-order valence-electron chi connectivity index (χ2n) is 4.53. The molecular weight excluding hydrogens is 245 g/mol. The topological polar surface area (TPSA) is 47.0 Å². The van der Waals surface area contributed by atoms with Crippen LogP contribution in [0, 0.1) is 5.82 Å². The molecule has 0 bridgehead atoms. The van der Waals surface area contributed by atoms with E-state index in [1.165, 1.54) is 12.1 Å². The number of hydrogen-bond acceptors (Lipinski definition) is 4. The summed E-state index contributed by atoms with van der Waals surface area (Å²) in [5, 5.41) is 2.99. The van der Waals surface area contributed by atoms with E-state index in [9.17, 15) is 4.39 Å². The lowest BCUT2D eigenvalue weighted by molar-refractivity contribution is 0.457. The third-order valence-corrected chi connectivity index (χ3v) is 2.95. The number of halogens is 1. The fourth-order valence-corrected chi connectivity index (χ4v) is 1.77. The van der Waals surface area contributed by atoms with Gasteiger partial charge in [0.05, 0.1) is 0 Å². The minimum atomic E-state index is -0.287. The van der Waals surface area contributed by atoms with Crippen LogP contribution in [-0.2, 0) is 0 Å². The molecule has 0 atom stereocenters. The minimum Gasteiger partial charge on any atom is -0.439 e. The van der Waals surface area contributed by atoms with Gasteiger partial charge in [-0.15, -0.1) is 0 Å². The van der Waals surface area contributed by atoms with E-state index in [2.05, 4.69) is 15.3 Å². The second kappa shape index (κ2) is 4.84. The summed E-state index contributed by atoms with van der Waals surface area (Å²) < 4.78 is 18.5. The monoisotopic (exact) mass is 259 g/mol. The molecule has 0 radical (unpaired) electrons. The Morgan fingerprint density at radius 3 is 2.58 bits per heavy atom. The molecule has 3 rings (SSSR count). The van der Waals surface area contributed by atoms with Gasteiger partial charge in [-0.05, 0) is 37.1 Å². The maximum absolute atomic E-state index is 12.8. The summed E-state index contributed by atoms with van der Waals surface area (Å²) in [5.41, 5.74) is 0. The van der Waals surface area contributed by atoms with E-state index in [0.717, 1.165) is 24.5 Å². The van der Waals surface area contributed by atoms with Crippen molar-refractivity contribution in [3.05, 3.63) is 42.0 Å². The number of nitrogens with one attached hydrogen (secondary N) is 1. The molecule has 1 saturated carbocycles. The van der Waals surface area contributed by atoms with Crippen LogP contribution < -0.4 is 10.1 Å². The molecule has 5 heteroatoms. The lowest BCUT2D eigenvalue weighted by Gasteiger charge is -2.08. The van der Waals surface area contributed by atoms with Gasteiger partial charge in [0.2, 0.25) is 5.88 Å². The van der Waals surface area contributed by atoms with Crippen LogP contribution in [0.2, 0.25) is 0 Å². The molecule has 19 heavy (non-hydrogen) atoms. The van der Waals surface area contributed by atoms with E-state index in [-0.39, 0.29) is 5.82 Å². The zero-order valence-corrected chi connectivity index (χ0v) is 10.6. The van der Waals surface area contributed by atoms with Gasteiger partial charge in [0, 0.05) is 19.0 Å². The van der Waals surface area contributed by atoms with Crippen molar-refractivity contribution in [3.8, 4) is 11.6 Å². The summed E-state index contributed by atoms with van der Waals surface area (Å²) in [6.45, 7) is 0. The Morgan fingerprint density at radius 2 is 1.95 bits per heavy atom. The van der Waals surface area contributed by atoms with E-state index in [1.807, 2.05) is 0 Å². The van der Waals surface area contributed by atoms with Crippen molar-refractivity contribution in [1.29, 1.82) is 0 Å². The van der Waals surface area contributed by atoms with Gasteiger partial charge in [0.1, 0.15) is 23.2 Å². The van der Waals surface area contributed by atoms with Crippen LogP contribution in [0.25, 0.3) is 0 Å². The first-order valence-corrected chi connectivity index (χ1v) is 6.25. The second-order valence-corrected chi connectivity index (χ2v) is 4.53. The van der Waals surface area contributed by atoms with Gasteiger partial charge in [-0.1, -0.05) is 0 Å². The molecule has 0 spiro atoms. The van der Waals surface area contributed by atoms with Crippen molar-refractivity contribution >= 4 is 5.82 Å². The highest BCUT2D eigenvalue weighted by Gasteiger charge is 2.27. The third-order valence-electron chi connectivity index (χ3n) is 2.95. The van der Waals surface area contributed by atoms with E-state index >= 15 is 0 Å². The number of rotatable bonds is 4. The average molecular weight is 259 g/mol. The molecule has 1 aromatic carbocycles. The highest BCUT2D eigenvalue weighted by Crippen LogP contribution is 2.39. The third kappa shape index (κ3) is 2.81. The summed E-state index contributed by atoms with van der Waals surface area (Å²) in [6, 6.07) is 7.60. The number of anilines is 1. The van der Waals surface area contributed by atoms with Crippen molar-refractivity contribution in [2.75, 3.05) is 12.4 Å². The molecule has 0 saturated heterocycles.